The van der Waals surface area contributed by atoms with Gasteiger partial charge in [-0.3, -0.25) is 4.57 Å². The number of anilines is 1. The Bertz CT molecular complexity index is 1490. The van der Waals surface area contributed by atoms with Gasteiger partial charge in [0.05, 0.1) is 16.1 Å². The molecule has 3 aromatic rings. The van der Waals surface area contributed by atoms with Gasteiger partial charge in [0, 0.05) is 37.8 Å². The lowest BCUT2D eigenvalue weighted by atomic mass is 10.1. The molecule has 3 heterocycles. The molecule has 1 saturated heterocycles. The number of piperazine rings is 1. The molecule has 1 aliphatic heterocycles. The molecular formula is C24H31F2N7O3S2. The van der Waals surface area contributed by atoms with Gasteiger partial charge in [0.15, 0.2) is 5.01 Å². The summed E-state index contributed by atoms with van der Waals surface area (Å²) in [6, 6.07) is 3.58. The minimum Gasteiger partial charge on any atom is -0.370 e. The first-order chi connectivity index (χ1) is 17.9. The molecule has 0 spiro atoms. The number of nitrogens with one attached hydrogen (secondary N) is 2. The third-order valence-electron chi connectivity index (χ3n) is 7.61. The zero-order chi connectivity index (χ0) is 27.0. The van der Waals surface area contributed by atoms with Crippen LogP contribution in [0.2, 0.25) is 0 Å². The number of aromatic nitrogens is 4. The van der Waals surface area contributed by atoms with E-state index in [9.17, 15) is 17.2 Å². The number of hydrogen-bond donors (Lipinski definition) is 2. The van der Waals surface area contributed by atoms with Crippen molar-refractivity contribution < 1.29 is 21.9 Å². The van der Waals surface area contributed by atoms with Gasteiger partial charge in [-0.2, -0.15) is 0 Å². The van der Waals surface area contributed by atoms with Crippen LogP contribution in [0.3, 0.4) is 0 Å². The summed E-state index contributed by atoms with van der Waals surface area (Å²) in [5.41, 5.74) is 0.565. The van der Waals surface area contributed by atoms with Crippen molar-refractivity contribution in [2.75, 3.05) is 25.1 Å². The molecule has 206 valence electrons. The Kier molecular flexibility index (Phi) is 6.07. The molecule has 0 amide bonds. The molecule has 2 N–H and O–H groups in total. The van der Waals surface area contributed by atoms with Gasteiger partial charge >= 0.3 is 0 Å². The Morgan fingerprint density at radius 1 is 1.16 bits per heavy atom. The number of alkyl halides is 2. The van der Waals surface area contributed by atoms with Gasteiger partial charge in [0.1, 0.15) is 16.9 Å². The number of ether oxygens (including phenoxy) is 1. The monoisotopic (exact) mass is 567 g/mol. The van der Waals surface area contributed by atoms with E-state index >= 15 is 0 Å². The maximum absolute atomic E-state index is 13.6. The number of imidazole rings is 1. The lowest BCUT2D eigenvalue weighted by Gasteiger charge is -2.38. The third kappa shape index (κ3) is 4.49. The van der Waals surface area contributed by atoms with Gasteiger partial charge in [-0.05, 0) is 58.6 Å². The molecule has 0 unspecified atom stereocenters. The molecule has 2 aromatic heterocycles. The highest BCUT2D eigenvalue weighted by Gasteiger charge is 2.50. The molecule has 0 bridgehead atoms. The van der Waals surface area contributed by atoms with Gasteiger partial charge in [-0.1, -0.05) is 11.3 Å². The Labute approximate surface area is 223 Å². The number of benzene rings is 1. The predicted molar refractivity (Wildman–Crippen MR) is 140 cm³/mol. The highest BCUT2D eigenvalue weighted by atomic mass is 32.2. The minimum atomic E-state index is -3.88. The number of fused-ring (bicyclic) bond motifs is 1. The smallest absolute Gasteiger partial charge is 0.291 e. The van der Waals surface area contributed by atoms with Crippen LogP contribution in [0.1, 0.15) is 63.7 Å². The van der Waals surface area contributed by atoms with E-state index in [1.165, 1.54) is 0 Å². The Morgan fingerprint density at radius 3 is 2.39 bits per heavy atom. The maximum Gasteiger partial charge on any atom is 0.291 e. The quantitative estimate of drug-likeness (QED) is 0.426. The van der Waals surface area contributed by atoms with Crippen LogP contribution in [0.5, 0.6) is 0 Å². The number of hydrogen-bond acceptors (Lipinski definition) is 9. The molecule has 14 heteroatoms. The van der Waals surface area contributed by atoms with Crippen molar-refractivity contribution in [3.05, 3.63) is 23.0 Å². The fourth-order valence-corrected chi connectivity index (χ4v) is 7.48. The molecule has 2 saturated carbocycles. The molecule has 2 aliphatic carbocycles. The molecule has 0 radical (unpaired) electrons. The molecule has 3 fully saturated rings. The van der Waals surface area contributed by atoms with Crippen molar-refractivity contribution in [3.63, 3.8) is 0 Å². The van der Waals surface area contributed by atoms with E-state index in [2.05, 4.69) is 39.0 Å². The van der Waals surface area contributed by atoms with Crippen LogP contribution in [-0.2, 0) is 20.4 Å². The van der Waals surface area contributed by atoms with Crippen molar-refractivity contribution in [3.8, 4) is 5.13 Å². The zero-order valence-electron chi connectivity index (χ0n) is 21.7. The van der Waals surface area contributed by atoms with Crippen LogP contribution in [0, 0.1) is 0 Å². The summed E-state index contributed by atoms with van der Waals surface area (Å²) in [5.74, 6) is 0.515. The van der Waals surface area contributed by atoms with Crippen molar-refractivity contribution >= 4 is 38.1 Å². The maximum atomic E-state index is 13.6. The summed E-state index contributed by atoms with van der Waals surface area (Å²) in [4.78, 5) is 7.24. The van der Waals surface area contributed by atoms with Crippen LogP contribution in [0.15, 0.2) is 17.0 Å². The first-order valence-electron chi connectivity index (χ1n) is 12.7. The summed E-state index contributed by atoms with van der Waals surface area (Å²) >= 11 is 0.764. The Hall–Kier alpha value is -2.26. The predicted octanol–water partition coefficient (Wildman–Crippen LogP) is 3.47. The normalized spacial score (nSPS) is 24.3. The van der Waals surface area contributed by atoms with Crippen LogP contribution >= 0.6 is 11.3 Å². The van der Waals surface area contributed by atoms with E-state index in [1.807, 2.05) is 6.92 Å². The van der Waals surface area contributed by atoms with E-state index in [4.69, 9.17) is 9.72 Å². The summed E-state index contributed by atoms with van der Waals surface area (Å²) in [5, 5.41) is 11.0. The molecule has 2 atom stereocenters. The number of halogens is 2. The number of nitrogens with zero attached hydrogens (tertiary/aromatic N) is 5. The first-order valence-corrected chi connectivity index (χ1v) is 15.0. The average Bonchev–Trinajstić information content (AvgIpc) is 3.68. The third-order valence-corrected chi connectivity index (χ3v) is 10.1. The van der Waals surface area contributed by atoms with E-state index in [0.29, 0.717) is 48.5 Å². The molecule has 3 aliphatic rings. The van der Waals surface area contributed by atoms with E-state index in [-0.39, 0.29) is 22.1 Å². The van der Waals surface area contributed by atoms with Crippen molar-refractivity contribution in [1.29, 1.82) is 0 Å². The van der Waals surface area contributed by atoms with Crippen molar-refractivity contribution in [2.45, 2.75) is 81.0 Å². The van der Waals surface area contributed by atoms with E-state index in [0.717, 1.165) is 24.2 Å². The van der Waals surface area contributed by atoms with Gasteiger partial charge in [-0.15, -0.1) is 10.2 Å². The Morgan fingerprint density at radius 2 is 1.84 bits per heavy atom. The number of sulfonamides is 1. The zero-order valence-corrected chi connectivity index (χ0v) is 23.3. The number of methoxy groups -OCH3 is 1. The molecular weight excluding hydrogens is 536 g/mol. The second kappa shape index (κ2) is 8.88. The molecule has 1 aromatic carbocycles. The summed E-state index contributed by atoms with van der Waals surface area (Å²) in [7, 11) is -2.28. The second-order valence-electron chi connectivity index (χ2n) is 11.0. The average molecular weight is 568 g/mol. The molecule has 6 rings (SSSR count). The van der Waals surface area contributed by atoms with Crippen LogP contribution in [-0.4, -0.2) is 66.0 Å². The highest BCUT2D eigenvalue weighted by Crippen LogP contribution is 2.50. The molecule has 38 heavy (non-hydrogen) atoms. The van der Waals surface area contributed by atoms with Crippen molar-refractivity contribution in [2.24, 2.45) is 0 Å². The van der Waals surface area contributed by atoms with Gasteiger partial charge in [-0.25, -0.2) is 26.9 Å². The van der Waals surface area contributed by atoms with Gasteiger partial charge < -0.3 is 15.0 Å². The summed E-state index contributed by atoms with van der Waals surface area (Å²) in [6.45, 7) is 7.35. The lowest BCUT2D eigenvalue weighted by Crippen LogP contribution is -2.54. The van der Waals surface area contributed by atoms with Crippen LogP contribution < -0.4 is 14.9 Å². The second-order valence-corrected chi connectivity index (χ2v) is 13.7. The SMILES string of the molecule is COC1(c2nc3c(N4C[C@H](C)N[C@@H](C)C4)cc(S(=O)(=O)NC4(C)CC4)cc3n2-c2nnc(C(F)F)s2)CC1. The summed E-state index contributed by atoms with van der Waals surface area (Å²) < 4.78 is 64.5. The van der Waals surface area contributed by atoms with Gasteiger partial charge in [0.2, 0.25) is 15.2 Å². The highest BCUT2D eigenvalue weighted by molar-refractivity contribution is 7.89. The summed E-state index contributed by atoms with van der Waals surface area (Å²) in [6.07, 6.45) is 0.183. The largest absolute Gasteiger partial charge is 0.370 e. The lowest BCUT2D eigenvalue weighted by molar-refractivity contribution is 0.0702. The number of rotatable bonds is 8. The first kappa shape index (κ1) is 26.0. The Balaban J connectivity index is 1.61. The fraction of sp³-hybridized carbons (Fsp3) is 0.625. The molecule has 10 nitrogen and oxygen atoms in total. The van der Waals surface area contributed by atoms with Crippen LogP contribution in [0.25, 0.3) is 16.2 Å². The van der Waals surface area contributed by atoms with E-state index in [1.54, 1.807) is 23.8 Å². The van der Waals surface area contributed by atoms with E-state index < -0.39 is 32.6 Å². The minimum absolute atomic E-state index is 0.0977. The standard InChI is InChI=1S/C24H31F2N7O3S2/c1-13-11-32(12-14(2)27-13)16-9-15(38(34,35)31-23(3)5-6-23)10-17-18(16)28-21(24(36-4)7-8-24)33(17)22-30-29-20(37-22)19(25)26/h9-10,13-14,19,27,31H,5-8,11-12H2,1-4H3/t13-,14-/m0/s1. The van der Waals surface area contributed by atoms with Crippen molar-refractivity contribution in [1.82, 2.24) is 29.8 Å². The van der Waals surface area contributed by atoms with Gasteiger partial charge in [0.25, 0.3) is 6.43 Å². The van der Waals surface area contributed by atoms with Crippen LogP contribution in [0.4, 0.5) is 14.5 Å². The topological polar surface area (TPSA) is 114 Å². The fourth-order valence-electron chi connectivity index (χ4n) is 5.26.